The topological polar surface area (TPSA) is 86.3 Å². The summed E-state index contributed by atoms with van der Waals surface area (Å²) in [4.78, 5) is 9.77. The van der Waals surface area contributed by atoms with Crippen molar-refractivity contribution in [3.05, 3.63) is 0 Å². The Labute approximate surface area is 64.9 Å². The minimum Gasteiger partial charge on any atom is -0.731 e. The number of hydrogen-bond donors (Lipinski definition) is 1. The molecule has 0 aromatic heterocycles. The summed E-state index contributed by atoms with van der Waals surface area (Å²) in [5.41, 5.74) is 0. The largest absolute Gasteiger partial charge is 1.00 e. The van der Waals surface area contributed by atoms with E-state index < -0.39 is 16.2 Å². The van der Waals surface area contributed by atoms with Gasteiger partial charge in [0.15, 0.2) is 10.3 Å². The van der Waals surface area contributed by atoms with E-state index in [1.807, 2.05) is 0 Å². The van der Waals surface area contributed by atoms with Gasteiger partial charge in [0, 0.05) is 6.92 Å². The molecule has 9 heavy (non-hydrogen) atoms. The van der Waals surface area contributed by atoms with Gasteiger partial charge in [0.25, 0.3) is 0 Å². The van der Waals surface area contributed by atoms with Gasteiger partial charge in [-0.3, -0.25) is 9.52 Å². The van der Waals surface area contributed by atoms with Gasteiger partial charge in [0.2, 0.25) is 5.91 Å². The minimum atomic E-state index is -4.57. The fourth-order valence-electron chi connectivity index (χ4n) is 0.176. The van der Waals surface area contributed by atoms with Crippen LogP contribution in [0, 0.1) is 0 Å². The molecule has 0 saturated heterocycles. The van der Waals surface area contributed by atoms with Crippen LogP contribution in [-0.4, -0.2) is 18.9 Å². The molecule has 0 unspecified atom stereocenters. The van der Waals surface area contributed by atoms with Gasteiger partial charge in [-0.05, 0) is 0 Å². The Balaban J connectivity index is 0. The zero-order chi connectivity index (χ0) is 6.78. The average molecular weight is 145 g/mol. The van der Waals surface area contributed by atoms with E-state index in [0.717, 1.165) is 11.6 Å². The Morgan fingerprint density at radius 2 is 1.89 bits per heavy atom. The van der Waals surface area contributed by atoms with Gasteiger partial charge < -0.3 is 4.55 Å². The number of nitrogens with one attached hydrogen (secondary N) is 1. The number of carbonyl (C=O) groups is 1. The minimum absolute atomic E-state index is 0. The molecule has 0 atom stereocenters. The summed E-state index contributed by atoms with van der Waals surface area (Å²) in [6.07, 6.45) is 0. The van der Waals surface area contributed by atoms with Crippen molar-refractivity contribution in [1.29, 1.82) is 0 Å². The van der Waals surface area contributed by atoms with Crippen LogP contribution in [0.15, 0.2) is 0 Å². The van der Waals surface area contributed by atoms with Crippen LogP contribution in [0.3, 0.4) is 0 Å². The first-order valence-electron chi connectivity index (χ1n) is 1.66. The van der Waals surface area contributed by atoms with Gasteiger partial charge >= 0.3 is 18.9 Å². The third kappa shape index (κ3) is 11.5. The molecule has 0 radical (unpaired) electrons. The Hall–Kier alpha value is -0.0226. The summed E-state index contributed by atoms with van der Waals surface area (Å²) in [5, 5.41) is 0. The van der Waals surface area contributed by atoms with Crippen molar-refractivity contribution in [1.82, 2.24) is 4.72 Å². The second kappa shape index (κ2) is 3.90. The molecular formula is C2H4LiNO4S. The maximum atomic E-state index is 9.77. The van der Waals surface area contributed by atoms with Crippen molar-refractivity contribution in [3.63, 3.8) is 0 Å². The predicted molar refractivity (Wildman–Crippen MR) is 23.5 cm³/mol. The second-order valence-electron chi connectivity index (χ2n) is 1.11. The van der Waals surface area contributed by atoms with Crippen LogP contribution >= 0.6 is 0 Å². The first-order chi connectivity index (χ1) is 3.42. The third-order valence-electron chi connectivity index (χ3n) is 0.269. The quantitative estimate of drug-likeness (QED) is 0.298. The zero-order valence-corrected chi connectivity index (χ0v) is 5.86. The van der Waals surface area contributed by atoms with Crippen LogP contribution < -0.4 is 23.6 Å². The van der Waals surface area contributed by atoms with Gasteiger partial charge in [-0.25, -0.2) is 8.42 Å². The molecular weight excluding hydrogens is 141 g/mol. The van der Waals surface area contributed by atoms with Crippen LogP contribution in [0.25, 0.3) is 0 Å². The molecule has 0 aromatic rings. The standard InChI is InChI=1S/C2H5NO4S.Li/c1-2(4)3-8(5,6)7;/h1H3,(H,3,4)(H,5,6,7);/q;+1/p-1. The molecule has 1 N–H and O–H groups in total. The van der Waals surface area contributed by atoms with Crippen molar-refractivity contribution in [2.75, 3.05) is 0 Å². The van der Waals surface area contributed by atoms with E-state index in [-0.39, 0.29) is 18.9 Å². The smallest absolute Gasteiger partial charge is 0.731 e. The SMILES string of the molecule is CC(=O)NS(=O)(=O)[O-].[Li+]. The third-order valence-corrected chi connectivity index (χ3v) is 0.806. The summed E-state index contributed by atoms with van der Waals surface area (Å²) in [5.74, 6) is -0.875. The Morgan fingerprint density at radius 1 is 1.56 bits per heavy atom. The van der Waals surface area contributed by atoms with E-state index in [1.54, 1.807) is 0 Å². The normalized spacial score (nSPS) is 9.56. The fraction of sp³-hybridized carbons (Fsp3) is 0.500. The molecule has 5 nitrogen and oxygen atoms in total. The van der Waals surface area contributed by atoms with E-state index >= 15 is 0 Å². The maximum absolute atomic E-state index is 9.77. The number of carbonyl (C=O) groups excluding carboxylic acids is 1. The molecule has 0 bridgehead atoms. The van der Waals surface area contributed by atoms with E-state index in [9.17, 15) is 17.8 Å². The number of amides is 1. The molecule has 0 fully saturated rings. The molecule has 0 aliphatic heterocycles. The Bertz CT molecular complexity index is 185. The van der Waals surface area contributed by atoms with E-state index in [2.05, 4.69) is 0 Å². The summed E-state index contributed by atoms with van der Waals surface area (Å²) < 4.78 is 29.8. The molecule has 0 aliphatic rings. The van der Waals surface area contributed by atoms with Gasteiger partial charge in [0.05, 0.1) is 0 Å². The van der Waals surface area contributed by atoms with Crippen LogP contribution in [0.2, 0.25) is 0 Å². The molecule has 0 rings (SSSR count). The van der Waals surface area contributed by atoms with Gasteiger partial charge in [0.1, 0.15) is 0 Å². The summed E-state index contributed by atoms with van der Waals surface area (Å²) in [6.45, 7) is 0.940. The Kier molecular flexibility index (Phi) is 5.09. The Morgan fingerprint density at radius 3 is 1.89 bits per heavy atom. The molecule has 0 heterocycles. The molecule has 7 heteroatoms. The van der Waals surface area contributed by atoms with Crippen molar-refractivity contribution in [2.45, 2.75) is 6.92 Å². The molecule has 0 saturated carbocycles. The zero-order valence-electron chi connectivity index (χ0n) is 5.04. The average Bonchev–Trinajstić information content (AvgIpc) is 1.21. The van der Waals surface area contributed by atoms with E-state index in [0.29, 0.717) is 0 Å². The molecule has 48 valence electrons. The number of hydrogen-bond acceptors (Lipinski definition) is 4. The first-order valence-corrected chi connectivity index (χ1v) is 3.07. The van der Waals surface area contributed by atoms with Crippen LogP contribution in [0.5, 0.6) is 0 Å². The van der Waals surface area contributed by atoms with Crippen LogP contribution in [-0.2, 0) is 15.1 Å². The summed E-state index contributed by atoms with van der Waals surface area (Å²) in [6, 6.07) is 0. The molecule has 0 aliphatic carbocycles. The summed E-state index contributed by atoms with van der Waals surface area (Å²) in [7, 11) is -4.57. The van der Waals surface area contributed by atoms with Crippen LogP contribution in [0.4, 0.5) is 0 Å². The molecule has 1 amide bonds. The van der Waals surface area contributed by atoms with Crippen molar-refractivity contribution in [3.8, 4) is 0 Å². The van der Waals surface area contributed by atoms with Crippen molar-refractivity contribution in [2.24, 2.45) is 0 Å². The van der Waals surface area contributed by atoms with Gasteiger partial charge in [-0.15, -0.1) is 0 Å². The van der Waals surface area contributed by atoms with Crippen molar-refractivity contribution < 1.29 is 36.6 Å². The van der Waals surface area contributed by atoms with E-state index in [1.165, 1.54) is 0 Å². The fourth-order valence-corrected chi connectivity index (χ4v) is 0.528. The first kappa shape index (κ1) is 11.7. The predicted octanol–water partition coefficient (Wildman–Crippen LogP) is -4.41. The van der Waals surface area contributed by atoms with Gasteiger partial charge in [-0.1, -0.05) is 0 Å². The van der Waals surface area contributed by atoms with Crippen LogP contribution in [0.1, 0.15) is 6.92 Å². The molecule has 0 aromatic carbocycles. The second-order valence-corrected chi connectivity index (χ2v) is 2.22. The van der Waals surface area contributed by atoms with Crippen molar-refractivity contribution >= 4 is 16.2 Å². The maximum Gasteiger partial charge on any atom is 1.00 e. The number of rotatable bonds is 1. The molecule has 0 spiro atoms. The monoisotopic (exact) mass is 145 g/mol. The van der Waals surface area contributed by atoms with Gasteiger partial charge in [-0.2, -0.15) is 0 Å². The summed E-state index contributed by atoms with van der Waals surface area (Å²) >= 11 is 0. The van der Waals surface area contributed by atoms with E-state index in [4.69, 9.17) is 0 Å².